The van der Waals surface area contributed by atoms with Crippen molar-refractivity contribution in [2.24, 2.45) is 5.92 Å². The van der Waals surface area contributed by atoms with Crippen LogP contribution in [0.25, 0.3) is 0 Å². The minimum atomic E-state index is -0.789. The minimum absolute atomic E-state index is 0.233. The van der Waals surface area contributed by atoms with E-state index in [-0.39, 0.29) is 5.60 Å². The van der Waals surface area contributed by atoms with Crippen LogP contribution < -0.4 is 4.74 Å². The van der Waals surface area contributed by atoms with Crippen molar-refractivity contribution < 1.29 is 14.6 Å². The number of hydrogen-bond acceptors (Lipinski definition) is 2. The van der Waals surface area contributed by atoms with Gasteiger partial charge >= 0.3 is 5.97 Å². The van der Waals surface area contributed by atoms with Gasteiger partial charge in [-0.1, -0.05) is 24.6 Å². The summed E-state index contributed by atoms with van der Waals surface area (Å²) in [7, 11) is 0. The molecule has 0 saturated carbocycles. The van der Waals surface area contributed by atoms with Gasteiger partial charge in [0, 0.05) is 6.42 Å². The quantitative estimate of drug-likeness (QED) is 0.915. The molecular weight excluding hydrogens is 252 g/mol. The van der Waals surface area contributed by atoms with Gasteiger partial charge in [0.1, 0.15) is 11.4 Å². The highest BCUT2D eigenvalue weighted by Gasteiger charge is 2.32. The SMILES string of the molecule is CC(Cc1cc(Cl)c2c(c1)CC(C)(C)O2)C(=O)O. The summed E-state index contributed by atoms with van der Waals surface area (Å²) in [4.78, 5) is 10.9. The first-order valence-electron chi connectivity index (χ1n) is 6.01. The average molecular weight is 269 g/mol. The number of hydrogen-bond donors (Lipinski definition) is 1. The molecule has 1 aliphatic heterocycles. The van der Waals surface area contributed by atoms with Gasteiger partial charge < -0.3 is 9.84 Å². The smallest absolute Gasteiger partial charge is 0.306 e. The number of benzene rings is 1. The Kier molecular flexibility index (Phi) is 3.28. The van der Waals surface area contributed by atoms with E-state index in [2.05, 4.69) is 0 Å². The van der Waals surface area contributed by atoms with E-state index in [4.69, 9.17) is 21.4 Å². The third-order valence-corrected chi connectivity index (χ3v) is 3.42. The maximum absolute atomic E-state index is 10.9. The van der Waals surface area contributed by atoms with Crippen LogP contribution in [0.15, 0.2) is 12.1 Å². The molecule has 1 aromatic rings. The van der Waals surface area contributed by atoms with Crippen molar-refractivity contribution in [3.63, 3.8) is 0 Å². The van der Waals surface area contributed by atoms with Crippen LogP contribution in [-0.2, 0) is 17.6 Å². The van der Waals surface area contributed by atoms with Gasteiger partial charge in [-0.15, -0.1) is 0 Å². The van der Waals surface area contributed by atoms with Gasteiger partial charge in [0.25, 0.3) is 0 Å². The molecule has 1 aliphatic rings. The van der Waals surface area contributed by atoms with Gasteiger partial charge in [-0.2, -0.15) is 0 Å². The number of carboxylic acid groups (broad SMARTS) is 1. The van der Waals surface area contributed by atoms with Gasteiger partial charge in [-0.25, -0.2) is 0 Å². The first kappa shape index (κ1) is 13.2. The van der Waals surface area contributed by atoms with Gasteiger partial charge in [-0.05, 0) is 37.5 Å². The fourth-order valence-electron chi connectivity index (χ4n) is 2.29. The lowest BCUT2D eigenvalue weighted by atomic mass is 9.96. The van der Waals surface area contributed by atoms with E-state index in [0.29, 0.717) is 11.4 Å². The van der Waals surface area contributed by atoms with Crippen LogP contribution in [-0.4, -0.2) is 16.7 Å². The Balaban J connectivity index is 2.27. The Hall–Kier alpha value is -1.22. The minimum Gasteiger partial charge on any atom is -0.486 e. The monoisotopic (exact) mass is 268 g/mol. The zero-order valence-corrected chi connectivity index (χ0v) is 11.5. The third kappa shape index (κ3) is 2.61. The van der Waals surface area contributed by atoms with E-state index < -0.39 is 11.9 Å². The molecule has 0 saturated heterocycles. The average Bonchev–Trinajstić information content (AvgIpc) is 2.53. The second kappa shape index (κ2) is 4.47. The van der Waals surface area contributed by atoms with Gasteiger partial charge in [0.15, 0.2) is 0 Å². The summed E-state index contributed by atoms with van der Waals surface area (Å²) < 4.78 is 5.78. The number of ether oxygens (including phenoxy) is 1. The molecule has 0 aliphatic carbocycles. The van der Waals surface area contributed by atoms with Crippen molar-refractivity contribution in [3.05, 3.63) is 28.3 Å². The Morgan fingerprint density at radius 2 is 2.22 bits per heavy atom. The van der Waals surface area contributed by atoms with Gasteiger partial charge in [0.05, 0.1) is 10.9 Å². The fourth-order valence-corrected chi connectivity index (χ4v) is 2.59. The molecule has 98 valence electrons. The van der Waals surface area contributed by atoms with E-state index in [1.165, 1.54) is 0 Å². The topological polar surface area (TPSA) is 46.5 Å². The van der Waals surface area contributed by atoms with Gasteiger partial charge in [0.2, 0.25) is 0 Å². The predicted octanol–water partition coefficient (Wildman–Crippen LogP) is 3.32. The number of aliphatic carboxylic acids is 1. The molecule has 1 unspecified atom stereocenters. The molecule has 0 aromatic heterocycles. The summed E-state index contributed by atoms with van der Waals surface area (Å²) in [5.74, 6) is -0.453. The molecule has 1 N–H and O–H groups in total. The lowest BCUT2D eigenvalue weighted by Crippen LogP contribution is -2.24. The van der Waals surface area contributed by atoms with Crippen molar-refractivity contribution in [3.8, 4) is 5.75 Å². The summed E-state index contributed by atoms with van der Waals surface area (Å²) in [6.07, 6.45) is 1.29. The highest BCUT2D eigenvalue weighted by molar-refractivity contribution is 6.32. The maximum atomic E-state index is 10.9. The highest BCUT2D eigenvalue weighted by atomic mass is 35.5. The molecule has 1 atom stereocenters. The van der Waals surface area contributed by atoms with Crippen LogP contribution in [0.5, 0.6) is 5.75 Å². The van der Waals surface area contributed by atoms with E-state index in [1.54, 1.807) is 13.0 Å². The number of rotatable bonds is 3. The first-order chi connectivity index (χ1) is 8.28. The van der Waals surface area contributed by atoms with Crippen LogP contribution in [0.3, 0.4) is 0 Å². The fraction of sp³-hybridized carbons (Fsp3) is 0.500. The molecule has 1 heterocycles. The van der Waals surface area contributed by atoms with E-state index in [0.717, 1.165) is 23.3 Å². The number of halogens is 1. The maximum Gasteiger partial charge on any atom is 0.306 e. The zero-order valence-electron chi connectivity index (χ0n) is 10.8. The third-order valence-electron chi connectivity index (χ3n) is 3.14. The van der Waals surface area contributed by atoms with Crippen LogP contribution >= 0.6 is 11.6 Å². The van der Waals surface area contributed by atoms with Crippen molar-refractivity contribution in [1.82, 2.24) is 0 Å². The molecule has 3 nitrogen and oxygen atoms in total. The molecule has 2 rings (SSSR count). The summed E-state index contributed by atoms with van der Waals surface area (Å²) in [5, 5.41) is 9.51. The molecule has 0 amide bonds. The highest BCUT2D eigenvalue weighted by Crippen LogP contribution is 2.41. The van der Waals surface area contributed by atoms with Crippen LogP contribution in [0.4, 0.5) is 0 Å². The summed E-state index contributed by atoms with van der Waals surface area (Å²) >= 11 is 6.19. The van der Waals surface area contributed by atoms with Crippen LogP contribution in [0.2, 0.25) is 5.02 Å². The Labute approximate surface area is 112 Å². The Morgan fingerprint density at radius 1 is 1.56 bits per heavy atom. The lowest BCUT2D eigenvalue weighted by Gasteiger charge is -2.17. The molecule has 18 heavy (non-hydrogen) atoms. The molecule has 0 spiro atoms. The van der Waals surface area contributed by atoms with Gasteiger partial charge in [-0.3, -0.25) is 4.79 Å². The van der Waals surface area contributed by atoms with Crippen molar-refractivity contribution in [2.75, 3.05) is 0 Å². The van der Waals surface area contributed by atoms with Crippen LogP contribution in [0, 0.1) is 5.92 Å². The summed E-state index contributed by atoms with van der Waals surface area (Å²) in [6.45, 7) is 5.73. The molecule has 0 fully saturated rings. The Bertz CT molecular complexity index is 494. The molecule has 4 heteroatoms. The normalized spacial score (nSPS) is 18.0. The second-order valence-corrected chi connectivity index (χ2v) is 5.96. The van der Waals surface area contributed by atoms with Crippen molar-refractivity contribution in [2.45, 2.75) is 39.2 Å². The lowest BCUT2D eigenvalue weighted by molar-refractivity contribution is -0.141. The van der Waals surface area contributed by atoms with E-state index >= 15 is 0 Å². The summed E-state index contributed by atoms with van der Waals surface area (Å²) in [6, 6.07) is 3.82. The zero-order chi connectivity index (χ0) is 13.5. The molecule has 0 radical (unpaired) electrons. The molecule has 0 bridgehead atoms. The number of carbonyl (C=O) groups is 1. The standard InChI is InChI=1S/C14H17ClO3/c1-8(13(16)17)4-9-5-10-7-14(2,3)18-12(10)11(15)6-9/h5-6,8H,4,7H2,1-3H3,(H,16,17). The number of carboxylic acids is 1. The second-order valence-electron chi connectivity index (χ2n) is 5.55. The van der Waals surface area contributed by atoms with Crippen molar-refractivity contribution >= 4 is 17.6 Å². The summed E-state index contributed by atoms with van der Waals surface area (Å²) in [5.41, 5.74) is 1.79. The van der Waals surface area contributed by atoms with E-state index in [9.17, 15) is 4.79 Å². The first-order valence-corrected chi connectivity index (χ1v) is 6.39. The largest absolute Gasteiger partial charge is 0.486 e. The van der Waals surface area contributed by atoms with Crippen molar-refractivity contribution in [1.29, 1.82) is 0 Å². The predicted molar refractivity (Wildman–Crippen MR) is 70.4 cm³/mol. The number of fused-ring (bicyclic) bond motifs is 1. The molecular formula is C14H17ClO3. The Morgan fingerprint density at radius 3 is 2.83 bits per heavy atom. The van der Waals surface area contributed by atoms with E-state index in [1.807, 2.05) is 19.9 Å². The molecule has 1 aromatic carbocycles. The van der Waals surface area contributed by atoms with Crippen LogP contribution in [0.1, 0.15) is 31.9 Å².